The van der Waals surface area contributed by atoms with Crippen LogP contribution in [-0.2, 0) is 9.53 Å². The van der Waals surface area contributed by atoms with Crippen molar-refractivity contribution in [1.82, 2.24) is 19.9 Å². The Morgan fingerprint density at radius 3 is 2.55 bits per heavy atom. The third-order valence-electron chi connectivity index (χ3n) is 7.10. The van der Waals surface area contributed by atoms with E-state index in [2.05, 4.69) is 25.6 Å². The second kappa shape index (κ2) is 12.3. The van der Waals surface area contributed by atoms with Gasteiger partial charge in [-0.25, -0.2) is 24.1 Å². The minimum atomic E-state index is -1.24. The Morgan fingerprint density at radius 2 is 1.81 bits per heavy atom. The minimum Gasteiger partial charge on any atom is -0.444 e. The molecule has 1 aliphatic heterocycles. The summed E-state index contributed by atoms with van der Waals surface area (Å²) in [7, 11) is 0. The fourth-order valence-electron chi connectivity index (χ4n) is 4.73. The molecule has 42 heavy (non-hydrogen) atoms. The number of ether oxygens (including phenoxy) is 2. The van der Waals surface area contributed by atoms with Gasteiger partial charge in [0.15, 0.2) is 11.6 Å². The molecule has 0 bridgehead atoms. The molecule has 2 fully saturated rings. The first-order valence-corrected chi connectivity index (χ1v) is 14.1. The molecule has 1 saturated heterocycles. The highest BCUT2D eigenvalue weighted by atomic mass is 19.2. The van der Waals surface area contributed by atoms with Crippen LogP contribution in [0.1, 0.15) is 52.9 Å². The fourth-order valence-corrected chi connectivity index (χ4v) is 4.73. The van der Waals surface area contributed by atoms with Crippen molar-refractivity contribution >= 4 is 23.6 Å². The smallest absolute Gasteiger partial charge is 0.410 e. The second-order valence-electron chi connectivity index (χ2n) is 11.5. The van der Waals surface area contributed by atoms with Crippen LogP contribution in [0.5, 0.6) is 11.6 Å². The zero-order valence-electron chi connectivity index (χ0n) is 23.8. The third-order valence-corrected chi connectivity index (χ3v) is 7.10. The average molecular weight is 581 g/mol. The first-order chi connectivity index (χ1) is 20.1. The maximum absolute atomic E-state index is 15.0. The number of benzene rings is 1. The normalized spacial score (nSPS) is 17.3. The van der Waals surface area contributed by atoms with Crippen molar-refractivity contribution in [3.8, 4) is 22.9 Å². The number of carbonyl (C=O) groups excluding carboxylic acids is 2. The van der Waals surface area contributed by atoms with Crippen molar-refractivity contribution in [3.05, 3.63) is 54.4 Å². The summed E-state index contributed by atoms with van der Waals surface area (Å²) in [5.41, 5.74) is 0.0582. The highest BCUT2D eigenvalue weighted by Gasteiger charge is 2.29. The molecule has 2 N–H and O–H groups in total. The number of pyridine rings is 1. The predicted octanol–water partition coefficient (Wildman–Crippen LogP) is 6.16. The Bertz CT molecular complexity index is 1460. The van der Waals surface area contributed by atoms with E-state index in [4.69, 9.17) is 9.47 Å². The Kier molecular flexibility index (Phi) is 8.51. The van der Waals surface area contributed by atoms with Crippen LogP contribution in [0.3, 0.4) is 0 Å². The third kappa shape index (κ3) is 6.92. The van der Waals surface area contributed by atoms with E-state index in [1.165, 1.54) is 18.3 Å². The molecule has 1 aliphatic carbocycles. The van der Waals surface area contributed by atoms with E-state index in [1.54, 1.807) is 29.3 Å². The molecule has 0 spiro atoms. The van der Waals surface area contributed by atoms with Crippen LogP contribution in [0.15, 0.2) is 42.7 Å². The highest BCUT2D eigenvalue weighted by Crippen LogP contribution is 2.35. The van der Waals surface area contributed by atoms with Gasteiger partial charge in [0.1, 0.15) is 5.60 Å². The molecule has 2 aromatic heterocycles. The number of aromatic nitrogens is 3. The maximum atomic E-state index is 15.0. The van der Waals surface area contributed by atoms with Crippen molar-refractivity contribution in [3.63, 3.8) is 0 Å². The number of nitrogens with one attached hydrogen (secondary N) is 2. The Balaban J connectivity index is 1.29. The molecular formula is C30H34F2N6O4. The number of rotatable bonds is 7. The molecule has 1 atom stereocenters. The monoisotopic (exact) mass is 580 g/mol. The number of likely N-dealkylation sites (tertiary alicyclic amines) is 1. The maximum Gasteiger partial charge on any atom is 0.410 e. The average Bonchev–Trinajstić information content (AvgIpc) is 2.91. The van der Waals surface area contributed by atoms with Crippen LogP contribution < -0.4 is 15.4 Å². The summed E-state index contributed by atoms with van der Waals surface area (Å²) in [6.07, 6.45) is 6.71. The van der Waals surface area contributed by atoms with Gasteiger partial charge in [0.05, 0.1) is 16.9 Å². The lowest BCUT2D eigenvalue weighted by Gasteiger charge is -2.34. The molecule has 3 aromatic rings. The molecule has 222 valence electrons. The van der Waals surface area contributed by atoms with Crippen molar-refractivity contribution < 1.29 is 27.8 Å². The van der Waals surface area contributed by atoms with Crippen molar-refractivity contribution in [2.45, 2.75) is 64.5 Å². The van der Waals surface area contributed by atoms with Crippen LogP contribution >= 0.6 is 0 Å². The summed E-state index contributed by atoms with van der Waals surface area (Å²) in [6, 6.07) is 7.45. The van der Waals surface area contributed by atoms with E-state index in [1.807, 2.05) is 20.8 Å². The number of nitrogens with zero attached hydrogens (tertiary/aromatic N) is 4. The summed E-state index contributed by atoms with van der Waals surface area (Å²) in [4.78, 5) is 39.5. The quantitative estimate of drug-likeness (QED) is 0.341. The summed E-state index contributed by atoms with van der Waals surface area (Å²) < 4.78 is 41.0. The molecule has 0 radical (unpaired) electrons. The molecule has 12 heteroatoms. The van der Waals surface area contributed by atoms with Crippen molar-refractivity contribution in [2.75, 3.05) is 23.7 Å². The second-order valence-corrected chi connectivity index (χ2v) is 11.5. The van der Waals surface area contributed by atoms with Gasteiger partial charge >= 0.3 is 6.09 Å². The van der Waals surface area contributed by atoms with Crippen molar-refractivity contribution in [2.24, 2.45) is 5.92 Å². The zero-order chi connectivity index (χ0) is 29.9. The Hall–Kier alpha value is -4.35. The van der Waals surface area contributed by atoms with E-state index >= 15 is 0 Å². The van der Waals surface area contributed by atoms with Crippen LogP contribution in [0.2, 0.25) is 0 Å². The number of halogens is 2. The standard InChI is InChI=1S/C30H34F2N6O4/c1-30(2,3)42-29(40)38-16-6-9-19(17-38)35-28-34-15-13-21(37-28)20-10-5-14-33-27(20)41-23-12-11-22(24(31)25(23)32)36-26(39)18-7-4-8-18/h5,10-15,18-19H,4,6-9,16-17H2,1-3H3,(H,36,39)(H,34,35,37). The first-order valence-electron chi connectivity index (χ1n) is 14.1. The molecule has 5 rings (SSSR count). The van der Waals surface area contributed by atoms with E-state index < -0.39 is 17.2 Å². The van der Waals surface area contributed by atoms with Crippen LogP contribution in [0.25, 0.3) is 11.3 Å². The van der Waals surface area contributed by atoms with Gasteiger partial charge in [-0.3, -0.25) is 4.79 Å². The van der Waals surface area contributed by atoms with E-state index in [0.717, 1.165) is 32.1 Å². The number of anilines is 2. The van der Waals surface area contributed by atoms with Crippen LogP contribution in [-0.4, -0.2) is 56.6 Å². The summed E-state index contributed by atoms with van der Waals surface area (Å²) in [5.74, 6) is -2.98. The zero-order valence-corrected chi connectivity index (χ0v) is 23.8. The van der Waals surface area contributed by atoms with Gasteiger partial charge in [-0.2, -0.15) is 4.39 Å². The van der Waals surface area contributed by atoms with Gasteiger partial charge < -0.3 is 25.0 Å². The minimum absolute atomic E-state index is 0.0143. The lowest BCUT2D eigenvalue weighted by atomic mass is 9.85. The SMILES string of the molecule is CC(C)(C)OC(=O)N1CCCC(Nc2nccc(-c3cccnc3Oc3ccc(NC(=O)C4CCC4)c(F)c3F)n2)C1. The number of carbonyl (C=O) groups is 2. The van der Waals surface area contributed by atoms with Crippen LogP contribution in [0.4, 0.5) is 25.2 Å². The largest absolute Gasteiger partial charge is 0.444 e. The fraction of sp³-hybridized carbons (Fsp3) is 0.433. The topological polar surface area (TPSA) is 119 Å². The predicted molar refractivity (Wildman–Crippen MR) is 152 cm³/mol. The van der Waals surface area contributed by atoms with Gasteiger partial charge in [-0.05, 0) is 76.8 Å². The van der Waals surface area contributed by atoms with E-state index in [-0.39, 0.29) is 41.3 Å². The van der Waals surface area contributed by atoms with E-state index in [0.29, 0.717) is 30.3 Å². The molecule has 1 unspecified atom stereocenters. The van der Waals surface area contributed by atoms with Gasteiger partial charge in [0.25, 0.3) is 0 Å². The molecule has 1 saturated carbocycles. The lowest BCUT2D eigenvalue weighted by molar-refractivity contribution is -0.122. The van der Waals surface area contributed by atoms with Crippen LogP contribution in [0, 0.1) is 17.6 Å². The number of hydrogen-bond acceptors (Lipinski definition) is 8. The molecule has 2 amide bonds. The van der Waals surface area contributed by atoms with Gasteiger partial charge in [-0.15, -0.1) is 0 Å². The lowest BCUT2D eigenvalue weighted by Crippen LogP contribution is -2.47. The van der Waals surface area contributed by atoms with Gasteiger partial charge in [-0.1, -0.05) is 6.42 Å². The number of piperidine rings is 1. The van der Waals surface area contributed by atoms with Gasteiger partial charge in [0.2, 0.25) is 23.6 Å². The Morgan fingerprint density at radius 1 is 1.00 bits per heavy atom. The number of hydrogen-bond donors (Lipinski definition) is 2. The summed E-state index contributed by atoms with van der Waals surface area (Å²) in [5, 5.41) is 5.75. The molecule has 10 nitrogen and oxygen atoms in total. The Labute approximate surface area is 242 Å². The molecule has 2 aliphatic rings. The number of amides is 2. The highest BCUT2D eigenvalue weighted by molar-refractivity contribution is 5.93. The van der Waals surface area contributed by atoms with E-state index in [9.17, 15) is 18.4 Å². The molecule has 1 aromatic carbocycles. The summed E-state index contributed by atoms with van der Waals surface area (Å²) in [6.45, 7) is 6.53. The first kappa shape index (κ1) is 29.2. The summed E-state index contributed by atoms with van der Waals surface area (Å²) >= 11 is 0. The molecular weight excluding hydrogens is 546 g/mol. The van der Waals surface area contributed by atoms with Gasteiger partial charge in [0, 0.05) is 37.4 Å². The molecule has 3 heterocycles. The van der Waals surface area contributed by atoms with Crippen molar-refractivity contribution in [1.29, 1.82) is 0 Å².